The first-order valence-corrected chi connectivity index (χ1v) is 7.75. The minimum atomic E-state index is 0.133. The molecule has 0 fully saturated rings. The molecule has 6 heteroatoms. The first-order chi connectivity index (χ1) is 9.90. The fraction of sp³-hybridized carbons (Fsp3) is 0.400. The molecule has 0 aliphatic carbocycles. The third kappa shape index (κ3) is 2.10. The highest BCUT2D eigenvalue weighted by molar-refractivity contribution is 7.11. The van der Waals surface area contributed by atoms with Crippen molar-refractivity contribution < 1.29 is 0 Å². The summed E-state index contributed by atoms with van der Waals surface area (Å²) in [6.45, 7) is 10.3. The predicted octanol–water partition coefficient (Wildman–Crippen LogP) is 3.31. The average Bonchev–Trinajstić information content (AvgIpc) is 2.93. The first kappa shape index (κ1) is 14.0. The topological polar surface area (TPSA) is 69.6 Å². The molecule has 0 radical (unpaired) electrons. The lowest BCUT2D eigenvalue weighted by atomic mass is 10.2. The van der Waals surface area contributed by atoms with Gasteiger partial charge in [0.15, 0.2) is 0 Å². The molecule has 0 aliphatic rings. The molecule has 110 valence electrons. The van der Waals surface area contributed by atoms with Crippen LogP contribution in [0.15, 0.2) is 6.20 Å². The van der Waals surface area contributed by atoms with E-state index in [0.29, 0.717) is 11.6 Å². The van der Waals surface area contributed by atoms with Crippen LogP contribution in [0.2, 0.25) is 0 Å². The fourth-order valence-electron chi connectivity index (χ4n) is 2.78. The molecule has 3 aromatic heterocycles. The summed E-state index contributed by atoms with van der Waals surface area (Å²) in [6.07, 6.45) is 1.92. The normalized spacial score (nSPS) is 13.0. The summed E-state index contributed by atoms with van der Waals surface area (Å²) >= 11 is 1.72. The van der Waals surface area contributed by atoms with Crippen molar-refractivity contribution >= 4 is 28.2 Å². The van der Waals surface area contributed by atoms with Crippen molar-refractivity contribution in [2.75, 3.05) is 5.73 Å². The zero-order valence-electron chi connectivity index (χ0n) is 12.9. The van der Waals surface area contributed by atoms with Gasteiger partial charge >= 0.3 is 0 Å². The highest BCUT2D eigenvalue weighted by atomic mass is 32.1. The number of aromatic nitrogens is 4. The molecule has 3 aromatic rings. The van der Waals surface area contributed by atoms with Crippen molar-refractivity contribution in [2.24, 2.45) is 0 Å². The molecule has 0 aromatic carbocycles. The lowest BCUT2D eigenvalue weighted by Gasteiger charge is -2.15. The van der Waals surface area contributed by atoms with E-state index in [1.807, 2.05) is 13.1 Å². The largest absolute Gasteiger partial charge is 0.383 e. The third-order valence-electron chi connectivity index (χ3n) is 3.92. The van der Waals surface area contributed by atoms with Gasteiger partial charge in [-0.05, 0) is 40.2 Å². The molecule has 3 rings (SSSR count). The quantitative estimate of drug-likeness (QED) is 0.788. The maximum Gasteiger partial charge on any atom is 0.146 e. The molecule has 3 heterocycles. The molecule has 0 saturated carbocycles. The van der Waals surface area contributed by atoms with Gasteiger partial charge in [0.25, 0.3) is 0 Å². The molecule has 0 spiro atoms. The van der Waals surface area contributed by atoms with Gasteiger partial charge in [-0.25, -0.2) is 15.0 Å². The van der Waals surface area contributed by atoms with Crippen LogP contribution in [-0.4, -0.2) is 19.5 Å². The van der Waals surface area contributed by atoms with E-state index in [1.54, 1.807) is 11.3 Å². The van der Waals surface area contributed by atoms with Crippen LogP contribution in [0.5, 0.6) is 0 Å². The van der Waals surface area contributed by atoms with Crippen molar-refractivity contribution in [1.82, 2.24) is 19.5 Å². The van der Waals surface area contributed by atoms with Gasteiger partial charge in [-0.2, -0.15) is 0 Å². The molecule has 1 unspecified atom stereocenters. The van der Waals surface area contributed by atoms with Crippen molar-refractivity contribution in [2.45, 2.75) is 40.7 Å². The second kappa shape index (κ2) is 4.80. The maximum atomic E-state index is 6.11. The Kier molecular flexibility index (Phi) is 3.20. The molecular formula is C15H19N5S. The van der Waals surface area contributed by atoms with Gasteiger partial charge in [-0.1, -0.05) is 0 Å². The monoisotopic (exact) mass is 301 g/mol. The number of hydrogen-bond acceptors (Lipinski definition) is 5. The van der Waals surface area contributed by atoms with E-state index in [0.717, 1.165) is 27.3 Å². The van der Waals surface area contributed by atoms with Gasteiger partial charge < -0.3 is 10.3 Å². The van der Waals surface area contributed by atoms with E-state index in [4.69, 9.17) is 5.73 Å². The van der Waals surface area contributed by atoms with Crippen LogP contribution in [0.3, 0.4) is 0 Å². The number of nitrogens with zero attached hydrogens (tertiary/aromatic N) is 4. The maximum absolute atomic E-state index is 6.11. The van der Waals surface area contributed by atoms with E-state index in [1.165, 1.54) is 4.88 Å². The van der Waals surface area contributed by atoms with Gasteiger partial charge in [0.1, 0.15) is 22.3 Å². The van der Waals surface area contributed by atoms with Gasteiger partial charge in [0.05, 0.1) is 11.4 Å². The predicted molar refractivity (Wildman–Crippen MR) is 86.8 cm³/mol. The standard InChI is InChI=1S/C15H19N5S/c1-7-6-17-15(21-7)10(4)20-9(3)8(2)12-13(16)18-11(5)19-14(12)20/h6,10H,1-5H3,(H2,16,18,19). The number of hydrogen-bond donors (Lipinski definition) is 1. The summed E-state index contributed by atoms with van der Waals surface area (Å²) in [4.78, 5) is 14.6. The molecule has 0 bridgehead atoms. The van der Waals surface area contributed by atoms with Crippen LogP contribution in [0.4, 0.5) is 5.82 Å². The number of anilines is 1. The number of rotatable bonds is 2. The van der Waals surface area contributed by atoms with Gasteiger partial charge in [-0.3, -0.25) is 0 Å². The summed E-state index contributed by atoms with van der Waals surface area (Å²) < 4.78 is 2.22. The first-order valence-electron chi connectivity index (χ1n) is 6.93. The van der Waals surface area contributed by atoms with Crippen LogP contribution in [0.1, 0.15) is 39.9 Å². The second-order valence-corrected chi connectivity index (χ2v) is 6.69. The Labute approximate surface area is 127 Å². The second-order valence-electron chi connectivity index (χ2n) is 5.42. The minimum Gasteiger partial charge on any atom is -0.383 e. The summed E-state index contributed by atoms with van der Waals surface area (Å²) in [5.41, 5.74) is 9.31. The van der Waals surface area contributed by atoms with Crippen molar-refractivity contribution in [3.8, 4) is 0 Å². The zero-order chi connectivity index (χ0) is 15.3. The molecule has 5 nitrogen and oxygen atoms in total. The van der Waals surface area contributed by atoms with E-state index in [2.05, 4.69) is 47.2 Å². The number of nitrogens with two attached hydrogens (primary N) is 1. The Balaban J connectivity index is 2.29. The lowest BCUT2D eigenvalue weighted by molar-refractivity contribution is 0.634. The van der Waals surface area contributed by atoms with Crippen molar-refractivity contribution in [1.29, 1.82) is 0 Å². The van der Waals surface area contributed by atoms with Crippen molar-refractivity contribution in [3.05, 3.63) is 33.2 Å². The number of aryl methyl sites for hydroxylation is 3. The van der Waals surface area contributed by atoms with E-state index in [9.17, 15) is 0 Å². The molecule has 21 heavy (non-hydrogen) atoms. The number of nitrogen functional groups attached to an aromatic ring is 1. The lowest BCUT2D eigenvalue weighted by Crippen LogP contribution is -2.09. The van der Waals surface area contributed by atoms with Crippen LogP contribution in [0.25, 0.3) is 11.0 Å². The molecular weight excluding hydrogens is 282 g/mol. The van der Waals surface area contributed by atoms with Gasteiger partial charge in [0.2, 0.25) is 0 Å². The Bertz CT molecular complexity index is 830. The van der Waals surface area contributed by atoms with Crippen LogP contribution in [0, 0.1) is 27.7 Å². The van der Waals surface area contributed by atoms with Crippen LogP contribution >= 0.6 is 11.3 Å². The van der Waals surface area contributed by atoms with E-state index >= 15 is 0 Å². The molecule has 2 N–H and O–H groups in total. The zero-order valence-corrected chi connectivity index (χ0v) is 13.7. The van der Waals surface area contributed by atoms with Gasteiger partial charge in [-0.15, -0.1) is 11.3 Å². The Morgan fingerprint density at radius 1 is 1.19 bits per heavy atom. The van der Waals surface area contributed by atoms with Crippen molar-refractivity contribution in [3.63, 3.8) is 0 Å². The Morgan fingerprint density at radius 3 is 2.52 bits per heavy atom. The van der Waals surface area contributed by atoms with E-state index < -0.39 is 0 Å². The fourth-order valence-corrected chi connectivity index (χ4v) is 3.60. The SMILES string of the molecule is Cc1nc(N)c2c(C)c(C)n(C(C)c3ncc(C)s3)c2n1. The third-order valence-corrected chi connectivity index (χ3v) is 5.00. The molecule has 0 saturated heterocycles. The minimum absolute atomic E-state index is 0.133. The summed E-state index contributed by atoms with van der Waals surface area (Å²) in [7, 11) is 0. The van der Waals surface area contributed by atoms with Crippen LogP contribution in [-0.2, 0) is 0 Å². The Hall–Kier alpha value is -1.95. The number of thiazole rings is 1. The Morgan fingerprint density at radius 2 is 1.90 bits per heavy atom. The highest BCUT2D eigenvalue weighted by Gasteiger charge is 2.22. The highest BCUT2D eigenvalue weighted by Crippen LogP contribution is 2.33. The molecule has 0 amide bonds. The molecule has 0 aliphatic heterocycles. The summed E-state index contributed by atoms with van der Waals surface area (Å²) in [5.74, 6) is 1.25. The molecule has 1 atom stereocenters. The summed E-state index contributed by atoms with van der Waals surface area (Å²) in [5, 5.41) is 2.04. The van der Waals surface area contributed by atoms with Gasteiger partial charge in [0, 0.05) is 16.8 Å². The smallest absolute Gasteiger partial charge is 0.146 e. The van der Waals surface area contributed by atoms with E-state index in [-0.39, 0.29) is 6.04 Å². The average molecular weight is 301 g/mol. The number of fused-ring (bicyclic) bond motifs is 1. The summed E-state index contributed by atoms with van der Waals surface area (Å²) in [6, 6.07) is 0.133. The van der Waals surface area contributed by atoms with Crippen LogP contribution < -0.4 is 5.73 Å².